The largest absolute Gasteiger partial charge is 0.403 e. The summed E-state index contributed by atoms with van der Waals surface area (Å²) >= 11 is 0. The van der Waals surface area contributed by atoms with E-state index in [-0.39, 0.29) is 16.5 Å². The molecule has 1 atom stereocenters. The van der Waals surface area contributed by atoms with E-state index >= 15 is 13.2 Å². The summed E-state index contributed by atoms with van der Waals surface area (Å²) in [4.78, 5) is 0. The van der Waals surface area contributed by atoms with Crippen LogP contribution in [0.1, 0.15) is 80.7 Å². The second kappa shape index (κ2) is 20.1. The van der Waals surface area contributed by atoms with Crippen molar-refractivity contribution in [1.82, 2.24) is 0 Å². The molecule has 376 valence electrons. The van der Waals surface area contributed by atoms with E-state index < -0.39 is 17.0 Å². The van der Waals surface area contributed by atoms with E-state index in [0.717, 1.165) is 50.1 Å². The molecule has 0 aromatic heterocycles. The molecule has 9 aromatic carbocycles. The molecule has 1 unspecified atom stereocenters. The molecule has 0 radical (unpaired) electrons. The molecular formula is C71H67F3N+. The molecular weight excluding hydrogens is 924 g/mol. The van der Waals surface area contributed by atoms with Crippen molar-refractivity contribution in [3.63, 3.8) is 0 Å². The van der Waals surface area contributed by atoms with Crippen LogP contribution in [0.15, 0.2) is 224 Å². The van der Waals surface area contributed by atoms with Crippen LogP contribution in [0, 0.1) is 6.92 Å². The Morgan fingerprint density at radius 1 is 0.347 bits per heavy atom. The molecule has 9 aromatic rings. The van der Waals surface area contributed by atoms with Crippen molar-refractivity contribution in [2.45, 2.75) is 82.2 Å². The normalized spacial score (nSPS) is 16.3. The number of nitrogens with zero attached hydrogens (tertiary/aromatic N) is 1. The predicted octanol–water partition coefficient (Wildman–Crippen LogP) is 18.9. The first-order valence-electron chi connectivity index (χ1n) is 27.0. The Bertz CT molecular complexity index is 3340. The van der Waals surface area contributed by atoms with E-state index in [1.807, 2.05) is 48.5 Å². The second-order valence-electron chi connectivity index (χ2n) is 22.5. The SMILES string of the molecule is Cc1ccc(-c2ccc(-c3ccc(-c4ccc(C(c5ccccc5)(C(F)(F)F)C(C)(C)c5ccc(-c6ccc(-c7ccc(-c8ccc(C9(C)CC[N+]%10(CCCCC%10)CC9)cc8)cc7)cc6)cc5)cc4)cc3)cc2)cc1. The van der Waals surface area contributed by atoms with Crippen LogP contribution in [-0.2, 0) is 16.2 Å². The molecule has 4 heteroatoms. The zero-order valence-corrected chi connectivity index (χ0v) is 43.8. The quantitative estimate of drug-likeness (QED) is 0.113. The van der Waals surface area contributed by atoms with Gasteiger partial charge < -0.3 is 4.48 Å². The maximum Gasteiger partial charge on any atom is 0.403 e. The Morgan fingerprint density at radius 2 is 0.640 bits per heavy atom. The minimum Gasteiger partial charge on any atom is -0.324 e. The molecule has 2 fully saturated rings. The van der Waals surface area contributed by atoms with Crippen LogP contribution >= 0.6 is 0 Å². The van der Waals surface area contributed by atoms with Crippen LogP contribution in [0.2, 0.25) is 0 Å². The van der Waals surface area contributed by atoms with E-state index in [0.29, 0.717) is 5.56 Å². The van der Waals surface area contributed by atoms with Crippen LogP contribution in [0.5, 0.6) is 0 Å². The Balaban J connectivity index is 0.796. The standard InChI is InChI=1S/C71H67F3N/c1-51-13-15-52(16-14-51)53-17-19-54(20-18-53)57-25-31-60(32-26-57)63-37-43-67(44-38-63)70(71(72,73)74,66-11-7-5-8-12-66)68(2,3)64-39-33-61(34-40-64)58-27-21-55(22-28-58)56-23-29-59(30-24-56)62-35-41-65(42-36-62)69(4)45-49-75(50-46-69)47-9-6-10-48-75/h5,7-8,11-44H,6,9-10,45-50H2,1-4H3/q+1. The van der Waals surface area contributed by atoms with Gasteiger partial charge in [0.05, 0.1) is 26.2 Å². The number of alkyl halides is 3. The Kier molecular flexibility index (Phi) is 13.4. The Labute approximate surface area is 443 Å². The van der Waals surface area contributed by atoms with Crippen molar-refractivity contribution in [2.75, 3.05) is 26.2 Å². The Hall–Kier alpha value is -7.27. The number of rotatable bonds is 11. The summed E-state index contributed by atoms with van der Waals surface area (Å²) in [6, 6.07) is 75.0. The third kappa shape index (κ3) is 9.59. The van der Waals surface area contributed by atoms with Crippen molar-refractivity contribution >= 4 is 0 Å². The van der Waals surface area contributed by atoms with E-state index in [2.05, 4.69) is 147 Å². The average Bonchev–Trinajstić information content (AvgIpc) is 3.47. The zero-order valence-electron chi connectivity index (χ0n) is 43.8. The van der Waals surface area contributed by atoms with Gasteiger partial charge in [-0.3, -0.25) is 0 Å². The third-order valence-corrected chi connectivity index (χ3v) is 17.7. The summed E-state index contributed by atoms with van der Waals surface area (Å²) in [7, 11) is 0. The van der Waals surface area contributed by atoms with Crippen LogP contribution < -0.4 is 0 Å². The summed E-state index contributed by atoms with van der Waals surface area (Å²) in [6.45, 7) is 13.4. The van der Waals surface area contributed by atoms with Crippen molar-refractivity contribution < 1.29 is 17.7 Å². The maximum absolute atomic E-state index is 16.5. The lowest BCUT2D eigenvalue weighted by molar-refractivity contribution is -0.938. The van der Waals surface area contributed by atoms with Crippen LogP contribution in [0.3, 0.4) is 0 Å². The van der Waals surface area contributed by atoms with Gasteiger partial charge in [0, 0.05) is 23.7 Å². The number of benzene rings is 9. The molecule has 0 N–H and O–H groups in total. The van der Waals surface area contributed by atoms with Gasteiger partial charge in [-0.25, -0.2) is 0 Å². The number of aryl methyl sites for hydroxylation is 1. The lowest BCUT2D eigenvalue weighted by Crippen LogP contribution is -2.58. The molecule has 2 heterocycles. The number of hydrogen-bond acceptors (Lipinski definition) is 0. The number of piperidine rings is 2. The minimum atomic E-state index is -4.65. The van der Waals surface area contributed by atoms with Crippen molar-refractivity contribution in [2.24, 2.45) is 0 Å². The average molecular weight is 991 g/mol. The fourth-order valence-electron chi connectivity index (χ4n) is 12.8. The first-order valence-corrected chi connectivity index (χ1v) is 27.0. The zero-order chi connectivity index (χ0) is 51.8. The topological polar surface area (TPSA) is 0 Å². The van der Waals surface area contributed by atoms with E-state index in [9.17, 15) is 0 Å². The van der Waals surface area contributed by atoms with Gasteiger partial charge in [-0.05, 0) is 115 Å². The van der Waals surface area contributed by atoms with Gasteiger partial charge in [-0.1, -0.05) is 251 Å². The highest BCUT2D eigenvalue weighted by Gasteiger charge is 2.65. The van der Waals surface area contributed by atoms with Crippen molar-refractivity contribution in [1.29, 1.82) is 0 Å². The van der Waals surface area contributed by atoms with Gasteiger partial charge >= 0.3 is 6.18 Å². The molecule has 0 saturated carbocycles. The molecule has 2 aliphatic heterocycles. The highest BCUT2D eigenvalue weighted by Crippen LogP contribution is 2.58. The fourth-order valence-corrected chi connectivity index (χ4v) is 12.8. The highest BCUT2D eigenvalue weighted by molar-refractivity contribution is 5.76. The molecule has 11 rings (SSSR count). The number of quaternary nitrogens is 1. The van der Waals surface area contributed by atoms with Gasteiger partial charge in [-0.15, -0.1) is 0 Å². The second-order valence-corrected chi connectivity index (χ2v) is 22.5. The summed E-state index contributed by atoms with van der Waals surface area (Å²) < 4.78 is 50.7. The smallest absolute Gasteiger partial charge is 0.324 e. The number of halogens is 3. The molecule has 1 spiro atoms. The van der Waals surface area contributed by atoms with Gasteiger partial charge in [0.1, 0.15) is 5.41 Å². The molecule has 75 heavy (non-hydrogen) atoms. The van der Waals surface area contributed by atoms with E-state index in [1.165, 1.54) is 90.6 Å². The van der Waals surface area contributed by atoms with Crippen molar-refractivity contribution in [3.8, 4) is 66.8 Å². The van der Waals surface area contributed by atoms with E-state index in [1.54, 1.807) is 56.3 Å². The molecule has 2 saturated heterocycles. The van der Waals surface area contributed by atoms with Crippen molar-refractivity contribution in [3.05, 3.63) is 252 Å². The summed E-state index contributed by atoms with van der Waals surface area (Å²) in [6.07, 6.45) is 2.07. The van der Waals surface area contributed by atoms with Crippen LogP contribution in [0.4, 0.5) is 13.2 Å². The predicted molar refractivity (Wildman–Crippen MR) is 307 cm³/mol. The van der Waals surface area contributed by atoms with Gasteiger partial charge in [-0.2, -0.15) is 13.2 Å². The van der Waals surface area contributed by atoms with Crippen LogP contribution in [-0.4, -0.2) is 36.8 Å². The van der Waals surface area contributed by atoms with Gasteiger partial charge in [0.2, 0.25) is 0 Å². The van der Waals surface area contributed by atoms with Crippen LogP contribution in [0.25, 0.3) is 66.8 Å². The third-order valence-electron chi connectivity index (χ3n) is 17.7. The molecule has 0 amide bonds. The van der Waals surface area contributed by atoms with E-state index in [4.69, 9.17) is 0 Å². The Morgan fingerprint density at radius 3 is 0.987 bits per heavy atom. The molecule has 2 aliphatic rings. The molecule has 0 bridgehead atoms. The minimum absolute atomic E-state index is 0.196. The molecule has 0 aliphatic carbocycles. The fraction of sp³-hybridized carbons (Fsp3) is 0.239. The first kappa shape index (κ1) is 49.9. The van der Waals surface area contributed by atoms with Gasteiger partial charge in [0.25, 0.3) is 0 Å². The lowest BCUT2D eigenvalue weighted by atomic mass is 9.55. The lowest BCUT2D eigenvalue weighted by Gasteiger charge is -2.49. The first-order chi connectivity index (χ1) is 36.2. The summed E-state index contributed by atoms with van der Waals surface area (Å²) in [5, 5.41) is 0. The highest BCUT2D eigenvalue weighted by atomic mass is 19.4. The summed E-state index contributed by atoms with van der Waals surface area (Å²) in [5.74, 6) is 0. The maximum atomic E-state index is 16.5. The number of hydrogen-bond donors (Lipinski definition) is 0. The van der Waals surface area contributed by atoms with Gasteiger partial charge in [0.15, 0.2) is 0 Å². The molecule has 1 nitrogen and oxygen atoms in total. The summed E-state index contributed by atoms with van der Waals surface area (Å²) in [5.41, 5.74) is 13.1. The monoisotopic (exact) mass is 991 g/mol.